The second kappa shape index (κ2) is 5.81. The molecule has 2 rings (SSSR count). The lowest BCUT2D eigenvalue weighted by atomic mass is 10.0. The molecular weight excluding hydrogens is 266 g/mol. The van der Waals surface area contributed by atoms with Gasteiger partial charge in [0, 0.05) is 13.1 Å². The molecule has 1 aromatic heterocycles. The molecule has 0 saturated carbocycles. The molecule has 0 spiro atoms. The number of aromatic nitrogens is 2. The van der Waals surface area contributed by atoms with E-state index in [1.807, 2.05) is 0 Å². The molecular formula is C11H19N5O2S. The van der Waals surface area contributed by atoms with Crippen LogP contribution in [0.2, 0.25) is 0 Å². The van der Waals surface area contributed by atoms with Gasteiger partial charge in [0.25, 0.3) is 0 Å². The molecule has 0 radical (unpaired) electrons. The Labute approximate surface area is 113 Å². The monoisotopic (exact) mass is 285 g/mol. The zero-order valence-electron chi connectivity index (χ0n) is 10.9. The van der Waals surface area contributed by atoms with Crippen molar-refractivity contribution >= 4 is 16.0 Å². The van der Waals surface area contributed by atoms with Crippen LogP contribution in [0.4, 0.5) is 5.95 Å². The summed E-state index contributed by atoms with van der Waals surface area (Å²) in [7, 11) is -3.49. The first-order chi connectivity index (χ1) is 9.04. The van der Waals surface area contributed by atoms with Gasteiger partial charge in [-0.1, -0.05) is 6.92 Å². The van der Waals surface area contributed by atoms with Gasteiger partial charge in [-0.25, -0.2) is 24.2 Å². The van der Waals surface area contributed by atoms with Crippen molar-refractivity contribution in [2.45, 2.75) is 31.1 Å². The van der Waals surface area contributed by atoms with E-state index in [9.17, 15) is 8.42 Å². The van der Waals surface area contributed by atoms with Crippen molar-refractivity contribution in [3.8, 4) is 0 Å². The van der Waals surface area contributed by atoms with Gasteiger partial charge < -0.3 is 0 Å². The predicted molar refractivity (Wildman–Crippen MR) is 71.6 cm³/mol. The molecule has 106 valence electrons. The number of nitrogens with two attached hydrogens (primary N) is 1. The van der Waals surface area contributed by atoms with Crippen LogP contribution in [0.1, 0.15) is 26.2 Å². The van der Waals surface area contributed by atoms with Crippen molar-refractivity contribution in [3.05, 3.63) is 12.4 Å². The largest absolute Gasteiger partial charge is 0.292 e. The lowest BCUT2D eigenvalue weighted by Gasteiger charge is -2.19. The Hall–Kier alpha value is -1.25. The van der Waals surface area contributed by atoms with Gasteiger partial charge in [-0.3, -0.25) is 5.43 Å². The van der Waals surface area contributed by atoms with Crippen molar-refractivity contribution in [2.75, 3.05) is 18.5 Å². The van der Waals surface area contributed by atoms with Gasteiger partial charge in [0.05, 0.1) is 12.4 Å². The van der Waals surface area contributed by atoms with E-state index in [4.69, 9.17) is 5.84 Å². The minimum Gasteiger partial charge on any atom is -0.292 e. The zero-order chi connectivity index (χ0) is 13.9. The Balaban J connectivity index is 2.20. The molecule has 2 heterocycles. The van der Waals surface area contributed by atoms with E-state index in [1.165, 1.54) is 16.7 Å². The zero-order valence-corrected chi connectivity index (χ0v) is 11.7. The maximum absolute atomic E-state index is 12.4. The van der Waals surface area contributed by atoms with Gasteiger partial charge >= 0.3 is 0 Å². The van der Waals surface area contributed by atoms with Crippen molar-refractivity contribution in [3.63, 3.8) is 0 Å². The van der Waals surface area contributed by atoms with E-state index in [-0.39, 0.29) is 10.8 Å². The van der Waals surface area contributed by atoms with Crippen molar-refractivity contribution < 1.29 is 8.42 Å². The fourth-order valence-corrected chi connectivity index (χ4v) is 3.54. The number of anilines is 1. The maximum atomic E-state index is 12.4. The predicted octanol–water partition coefficient (Wildman–Crippen LogP) is 0.573. The van der Waals surface area contributed by atoms with Crippen LogP contribution in [0.15, 0.2) is 17.3 Å². The van der Waals surface area contributed by atoms with Crippen molar-refractivity contribution in [1.29, 1.82) is 0 Å². The number of hydrazine groups is 1. The maximum Gasteiger partial charge on any atom is 0.246 e. The SMILES string of the molecule is CC1CCCN(S(=O)(=O)c2cnc(NN)nc2)CC1. The van der Waals surface area contributed by atoms with E-state index in [2.05, 4.69) is 22.3 Å². The number of hydrogen-bond donors (Lipinski definition) is 2. The fraction of sp³-hybridized carbons (Fsp3) is 0.636. The normalized spacial score (nSPS) is 21.9. The lowest BCUT2D eigenvalue weighted by Crippen LogP contribution is -2.32. The molecule has 1 aliphatic rings. The second-order valence-corrected chi connectivity index (χ2v) is 6.76. The minimum absolute atomic E-state index is 0.112. The third-order valence-electron chi connectivity index (χ3n) is 3.37. The van der Waals surface area contributed by atoms with Crippen LogP contribution >= 0.6 is 0 Å². The topological polar surface area (TPSA) is 101 Å². The molecule has 1 aliphatic heterocycles. The molecule has 19 heavy (non-hydrogen) atoms. The third kappa shape index (κ3) is 3.20. The highest BCUT2D eigenvalue weighted by molar-refractivity contribution is 7.89. The standard InChI is InChI=1S/C11H19N5O2S/c1-9-3-2-5-16(6-4-9)19(17,18)10-7-13-11(15-12)14-8-10/h7-9H,2-6,12H2,1H3,(H,13,14,15). The average Bonchev–Trinajstić information content (AvgIpc) is 2.64. The smallest absolute Gasteiger partial charge is 0.246 e. The highest BCUT2D eigenvalue weighted by Gasteiger charge is 2.27. The summed E-state index contributed by atoms with van der Waals surface area (Å²) in [5.41, 5.74) is 2.27. The van der Waals surface area contributed by atoms with Gasteiger partial charge in [-0.15, -0.1) is 0 Å². The molecule has 7 nitrogen and oxygen atoms in total. The Morgan fingerprint density at radius 1 is 1.32 bits per heavy atom. The molecule has 0 amide bonds. The van der Waals surface area contributed by atoms with Gasteiger partial charge in [-0.2, -0.15) is 4.31 Å². The summed E-state index contributed by atoms with van der Waals surface area (Å²) < 4.78 is 26.4. The Morgan fingerprint density at radius 2 is 2.00 bits per heavy atom. The fourth-order valence-electron chi connectivity index (χ4n) is 2.15. The second-order valence-electron chi connectivity index (χ2n) is 4.83. The minimum atomic E-state index is -3.49. The summed E-state index contributed by atoms with van der Waals surface area (Å²) >= 11 is 0. The molecule has 3 N–H and O–H groups in total. The van der Waals surface area contributed by atoms with Gasteiger partial charge in [0.1, 0.15) is 4.90 Å². The van der Waals surface area contributed by atoms with Crippen LogP contribution in [0.25, 0.3) is 0 Å². The molecule has 1 fully saturated rings. The molecule has 8 heteroatoms. The van der Waals surface area contributed by atoms with Crippen LogP contribution < -0.4 is 11.3 Å². The highest BCUT2D eigenvalue weighted by atomic mass is 32.2. The molecule has 0 aromatic carbocycles. The van der Waals surface area contributed by atoms with E-state index >= 15 is 0 Å². The number of nitrogen functional groups attached to an aromatic ring is 1. The highest BCUT2D eigenvalue weighted by Crippen LogP contribution is 2.22. The van der Waals surface area contributed by atoms with E-state index < -0.39 is 10.0 Å². The van der Waals surface area contributed by atoms with Gasteiger partial charge in [0.2, 0.25) is 16.0 Å². The van der Waals surface area contributed by atoms with Crippen LogP contribution in [-0.2, 0) is 10.0 Å². The first-order valence-electron chi connectivity index (χ1n) is 6.33. The first kappa shape index (κ1) is 14.2. The summed E-state index contributed by atoms with van der Waals surface area (Å²) in [4.78, 5) is 7.80. The van der Waals surface area contributed by atoms with Crippen molar-refractivity contribution in [2.24, 2.45) is 11.8 Å². The number of nitrogens with zero attached hydrogens (tertiary/aromatic N) is 3. The van der Waals surface area contributed by atoms with Crippen molar-refractivity contribution in [1.82, 2.24) is 14.3 Å². The number of hydrogen-bond acceptors (Lipinski definition) is 6. The van der Waals surface area contributed by atoms with Crippen LogP contribution in [0.3, 0.4) is 0 Å². The summed E-state index contributed by atoms with van der Waals surface area (Å²) in [6.45, 7) is 3.27. The van der Waals surface area contributed by atoms with E-state index in [1.54, 1.807) is 0 Å². The molecule has 1 saturated heterocycles. The number of sulfonamides is 1. The summed E-state index contributed by atoms with van der Waals surface area (Å²) in [6.07, 6.45) is 5.42. The molecule has 0 aliphatic carbocycles. The summed E-state index contributed by atoms with van der Waals surface area (Å²) in [6, 6.07) is 0. The third-order valence-corrected chi connectivity index (χ3v) is 5.22. The Kier molecular flexibility index (Phi) is 4.33. The molecule has 1 aromatic rings. The molecule has 1 atom stereocenters. The van der Waals surface area contributed by atoms with E-state index in [0.717, 1.165) is 19.3 Å². The Morgan fingerprint density at radius 3 is 2.63 bits per heavy atom. The van der Waals surface area contributed by atoms with E-state index in [0.29, 0.717) is 19.0 Å². The molecule has 0 bridgehead atoms. The number of rotatable bonds is 3. The van der Waals surface area contributed by atoms with Gasteiger partial charge in [0.15, 0.2) is 0 Å². The number of nitrogens with one attached hydrogen (secondary N) is 1. The quantitative estimate of drug-likeness (QED) is 0.622. The van der Waals surface area contributed by atoms with Gasteiger partial charge in [-0.05, 0) is 25.2 Å². The van der Waals surface area contributed by atoms with Crippen LogP contribution in [0.5, 0.6) is 0 Å². The molecule has 1 unspecified atom stereocenters. The summed E-state index contributed by atoms with van der Waals surface area (Å²) in [5.74, 6) is 5.92. The average molecular weight is 285 g/mol. The summed E-state index contributed by atoms with van der Waals surface area (Å²) in [5, 5.41) is 0. The van der Waals surface area contributed by atoms with Crippen LogP contribution in [-0.4, -0.2) is 35.8 Å². The first-order valence-corrected chi connectivity index (χ1v) is 7.77. The van der Waals surface area contributed by atoms with Crippen LogP contribution in [0, 0.1) is 5.92 Å². The Bertz CT molecular complexity index is 516. The lowest BCUT2D eigenvalue weighted by molar-refractivity contribution is 0.416.